The molecule has 198 valence electrons. The second-order valence-corrected chi connectivity index (χ2v) is 10.6. The highest BCUT2D eigenvalue weighted by molar-refractivity contribution is 6.09. The number of hydrogen-bond acceptors (Lipinski definition) is 5. The Balaban J connectivity index is 1.76. The number of carbonyl (C=O) groups excluding carboxylic acids is 2. The summed E-state index contributed by atoms with van der Waals surface area (Å²) in [5.41, 5.74) is 7.97. The van der Waals surface area contributed by atoms with Gasteiger partial charge in [0.05, 0.1) is 18.7 Å². The summed E-state index contributed by atoms with van der Waals surface area (Å²) in [6.07, 6.45) is -4.67. The fourth-order valence-electron chi connectivity index (χ4n) is 5.22. The van der Waals surface area contributed by atoms with Gasteiger partial charge in [-0.3, -0.25) is 4.79 Å². The van der Waals surface area contributed by atoms with Gasteiger partial charge in [-0.1, -0.05) is 25.5 Å². The molecule has 2 aliphatic rings. The zero-order valence-corrected chi connectivity index (χ0v) is 21.5. The molecule has 0 radical (unpaired) electrons. The number of alkyl halides is 3. The Hall–Kier alpha value is -3.49. The predicted molar refractivity (Wildman–Crippen MR) is 134 cm³/mol. The van der Waals surface area contributed by atoms with Gasteiger partial charge >= 0.3 is 12.3 Å². The number of aryl methyl sites for hydroxylation is 1. The molecule has 0 spiro atoms. The summed E-state index contributed by atoms with van der Waals surface area (Å²) in [4.78, 5) is 28.0. The molecule has 1 aliphatic carbocycles. The smallest absolute Gasteiger partial charge is 0.417 e. The quantitative estimate of drug-likeness (QED) is 0.459. The summed E-state index contributed by atoms with van der Waals surface area (Å²) in [6, 6.07) is 7.93. The van der Waals surface area contributed by atoms with Gasteiger partial charge in [-0.15, -0.1) is 0 Å². The Morgan fingerprint density at radius 3 is 2.54 bits per heavy atom. The number of rotatable bonds is 4. The van der Waals surface area contributed by atoms with Gasteiger partial charge in [-0.2, -0.15) is 13.2 Å². The van der Waals surface area contributed by atoms with Gasteiger partial charge < -0.3 is 15.2 Å². The van der Waals surface area contributed by atoms with E-state index >= 15 is 0 Å². The van der Waals surface area contributed by atoms with Crippen LogP contribution in [0.25, 0.3) is 5.57 Å². The number of imide groups is 1. The average molecular weight is 517 g/mol. The minimum Gasteiger partial charge on any atom is -0.496 e. The number of ether oxygens (including phenoxy) is 2. The number of hydrogen-bond donors (Lipinski definition) is 1. The van der Waals surface area contributed by atoms with E-state index in [-0.39, 0.29) is 11.0 Å². The maximum atomic E-state index is 14.0. The number of allylic oxidation sites excluding steroid dienone is 1. The first kappa shape index (κ1) is 26.6. The van der Waals surface area contributed by atoms with Crippen LogP contribution in [0.2, 0.25) is 0 Å². The van der Waals surface area contributed by atoms with Crippen molar-refractivity contribution in [3.8, 4) is 5.75 Å². The molecule has 1 aliphatic heterocycles. The largest absolute Gasteiger partial charge is 0.496 e. The van der Waals surface area contributed by atoms with E-state index < -0.39 is 35.9 Å². The Labute approximate surface area is 214 Å². The molecular formula is C28H31F3N2O4. The molecule has 2 atom stereocenters. The number of cyclic esters (lactones) is 1. The standard InChI is InChI=1S/C28H31F3N2O4/c1-15-10-17(12-18(11-15)28(29,30)31)24-16(2)33(26(35)37-24)25(34)22-14-27(3,4)9-8-20(22)21-13-19(32)6-7-23(21)36-5/h6-7,10-13,16,24H,8-9,14,32H2,1-5H3/t16-,24-/m0/s1. The van der Waals surface area contributed by atoms with E-state index in [1.807, 2.05) is 13.8 Å². The molecule has 2 N–H and O–H groups in total. The van der Waals surface area contributed by atoms with Gasteiger partial charge in [0.1, 0.15) is 11.9 Å². The van der Waals surface area contributed by atoms with Gasteiger partial charge in [0.15, 0.2) is 0 Å². The number of benzene rings is 2. The Bertz CT molecular complexity index is 1280. The molecule has 0 saturated carbocycles. The average Bonchev–Trinajstić information content (AvgIpc) is 3.10. The van der Waals surface area contributed by atoms with E-state index in [9.17, 15) is 22.8 Å². The third kappa shape index (κ3) is 5.17. The highest BCUT2D eigenvalue weighted by atomic mass is 19.4. The molecule has 1 saturated heterocycles. The Morgan fingerprint density at radius 1 is 1.19 bits per heavy atom. The number of methoxy groups -OCH3 is 1. The number of nitrogens with two attached hydrogens (primary N) is 1. The molecule has 1 heterocycles. The van der Waals surface area contributed by atoms with Gasteiger partial charge in [0.25, 0.3) is 5.91 Å². The second-order valence-electron chi connectivity index (χ2n) is 10.6. The second kappa shape index (κ2) is 9.43. The number of nitrogen functional groups attached to an aromatic ring is 1. The van der Waals surface area contributed by atoms with Crippen LogP contribution in [-0.4, -0.2) is 30.1 Å². The highest BCUT2D eigenvalue weighted by Crippen LogP contribution is 2.46. The van der Waals surface area contributed by atoms with Crippen LogP contribution >= 0.6 is 0 Å². The summed E-state index contributed by atoms with van der Waals surface area (Å²) in [5.74, 6) is 0.0412. The highest BCUT2D eigenvalue weighted by Gasteiger charge is 2.46. The van der Waals surface area contributed by atoms with E-state index in [1.165, 1.54) is 7.11 Å². The maximum absolute atomic E-state index is 14.0. The fraction of sp³-hybridized carbons (Fsp3) is 0.429. The number of nitrogens with zero attached hydrogens (tertiary/aromatic N) is 1. The lowest BCUT2D eigenvalue weighted by Gasteiger charge is -2.34. The lowest BCUT2D eigenvalue weighted by Crippen LogP contribution is -2.40. The molecular weight excluding hydrogens is 485 g/mol. The third-order valence-electron chi connectivity index (χ3n) is 7.12. The molecule has 4 rings (SSSR count). The van der Waals surface area contributed by atoms with Crippen LogP contribution in [0.4, 0.5) is 23.7 Å². The number of anilines is 1. The monoisotopic (exact) mass is 516 g/mol. The van der Waals surface area contributed by atoms with E-state index in [1.54, 1.807) is 38.1 Å². The van der Waals surface area contributed by atoms with Crippen LogP contribution in [0, 0.1) is 12.3 Å². The van der Waals surface area contributed by atoms with Crippen molar-refractivity contribution in [3.05, 3.63) is 64.2 Å². The summed E-state index contributed by atoms with van der Waals surface area (Å²) < 4.78 is 51.3. The molecule has 2 aromatic carbocycles. The molecule has 0 unspecified atom stereocenters. The summed E-state index contributed by atoms with van der Waals surface area (Å²) >= 11 is 0. The van der Waals surface area contributed by atoms with E-state index in [0.29, 0.717) is 41.0 Å². The first-order chi connectivity index (χ1) is 17.2. The normalized spacial score (nSPS) is 21.7. The van der Waals surface area contributed by atoms with E-state index in [0.717, 1.165) is 29.0 Å². The van der Waals surface area contributed by atoms with Crippen LogP contribution in [0.5, 0.6) is 5.75 Å². The molecule has 1 fully saturated rings. The zero-order chi connectivity index (χ0) is 27.3. The van der Waals surface area contributed by atoms with Crippen molar-refractivity contribution in [2.45, 2.75) is 65.3 Å². The maximum Gasteiger partial charge on any atom is 0.417 e. The lowest BCUT2D eigenvalue weighted by molar-refractivity contribution is -0.137. The predicted octanol–water partition coefficient (Wildman–Crippen LogP) is 6.68. The number of amides is 2. The summed E-state index contributed by atoms with van der Waals surface area (Å²) in [5, 5.41) is 0. The van der Waals surface area contributed by atoms with Crippen LogP contribution in [-0.2, 0) is 15.7 Å². The van der Waals surface area contributed by atoms with E-state index in [2.05, 4.69) is 0 Å². The SMILES string of the molecule is COc1ccc(N)cc1C1=C(C(=O)N2C(=O)O[C@H](c3cc(C)cc(C(F)(F)F)c3)[C@@H]2C)CC(C)(C)CC1. The van der Waals surface area contributed by atoms with Crippen molar-refractivity contribution in [1.82, 2.24) is 4.90 Å². The summed E-state index contributed by atoms with van der Waals surface area (Å²) in [6.45, 7) is 7.25. The van der Waals surface area contributed by atoms with Crippen LogP contribution in [0.15, 0.2) is 42.0 Å². The number of carbonyl (C=O) groups is 2. The van der Waals surface area contributed by atoms with Crippen molar-refractivity contribution in [3.63, 3.8) is 0 Å². The van der Waals surface area contributed by atoms with Crippen molar-refractivity contribution >= 4 is 23.3 Å². The lowest BCUT2D eigenvalue weighted by atomic mass is 9.72. The van der Waals surface area contributed by atoms with Crippen molar-refractivity contribution in [2.75, 3.05) is 12.8 Å². The third-order valence-corrected chi connectivity index (χ3v) is 7.12. The van der Waals surface area contributed by atoms with Gasteiger partial charge in [-0.25, -0.2) is 9.69 Å². The molecule has 0 aromatic heterocycles. The minimum absolute atomic E-state index is 0.194. The van der Waals surface area contributed by atoms with Gasteiger partial charge in [0.2, 0.25) is 0 Å². The first-order valence-corrected chi connectivity index (χ1v) is 12.1. The molecule has 2 amide bonds. The van der Waals surface area contributed by atoms with E-state index in [4.69, 9.17) is 15.2 Å². The Kier molecular flexibility index (Phi) is 6.77. The van der Waals surface area contributed by atoms with Crippen molar-refractivity contribution in [1.29, 1.82) is 0 Å². The van der Waals surface area contributed by atoms with Gasteiger partial charge in [0, 0.05) is 16.8 Å². The first-order valence-electron chi connectivity index (χ1n) is 12.1. The minimum atomic E-state index is -4.55. The van der Waals surface area contributed by atoms with Crippen molar-refractivity contribution < 1.29 is 32.2 Å². The Morgan fingerprint density at radius 2 is 1.89 bits per heavy atom. The molecule has 9 heteroatoms. The van der Waals surface area contributed by atoms with Crippen LogP contribution in [0.3, 0.4) is 0 Å². The zero-order valence-electron chi connectivity index (χ0n) is 21.5. The molecule has 37 heavy (non-hydrogen) atoms. The molecule has 6 nitrogen and oxygen atoms in total. The topological polar surface area (TPSA) is 81.9 Å². The fourth-order valence-corrected chi connectivity index (χ4v) is 5.22. The molecule has 2 aromatic rings. The summed E-state index contributed by atoms with van der Waals surface area (Å²) in [7, 11) is 1.53. The van der Waals surface area contributed by atoms with Crippen LogP contribution in [0.1, 0.15) is 68.4 Å². The van der Waals surface area contributed by atoms with Crippen molar-refractivity contribution in [2.24, 2.45) is 5.41 Å². The van der Waals surface area contributed by atoms with Gasteiger partial charge in [-0.05, 0) is 80.0 Å². The van der Waals surface area contributed by atoms with Crippen LogP contribution < -0.4 is 10.5 Å². The molecule has 0 bridgehead atoms. The number of halogens is 3.